The first-order chi connectivity index (χ1) is 4.42. The normalized spacial score (nSPS) is 48.3. The Labute approximate surface area is 56.4 Å². The monoisotopic (exact) mass is 126 g/mol. The van der Waals surface area contributed by atoms with Crippen molar-refractivity contribution in [3.05, 3.63) is 0 Å². The van der Waals surface area contributed by atoms with Gasteiger partial charge < -0.3 is 4.74 Å². The quantitative estimate of drug-likeness (QED) is 0.489. The van der Waals surface area contributed by atoms with Crippen LogP contribution in [-0.2, 0) is 4.74 Å². The van der Waals surface area contributed by atoms with Gasteiger partial charge in [-0.3, -0.25) is 0 Å². The second-order valence-corrected chi connectivity index (χ2v) is 3.24. The van der Waals surface area contributed by atoms with E-state index in [0.717, 1.165) is 5.92 Å². The lowest BCUT2D eigenvalue weighted by atomic mass is 9.88. The highest BCUT2D eigenvalue weighted by Crippen LogP contribution is 2.41. The molecular weight excluding hydrogens is 112 g/mol. The molecule has 2 rings (SSSR count). The SMILES string of the molecule is CC[C@@H]1CCC[C@H]2O[C@@H]12. The Hall–Kier alpha value is -0.0400. The molecule has 52 valence electrons. The standard InChI is InChI=1S/C8H14O/c1-2-6-4-3-5-7-8(6)9-7/h6-8H,2-5H2,1H3/t6-,7-,8+/m1/s1. The largest absolute Gasteiger partial charge is 0.369 e. The highest BCUT2D eigenvalue weighted by molar-refractivity contribution is 4.93. The Morgan fingerprint density at radius 3 is 3.00 bits per heavy atom. The first-order valence-corrected chi connectivity index (χ1v) is 4.07. The van der Waals surface area contributed by atoms with E-state index in [0.29, 0.717) is 12.2 Å². The van der Waals surface area contributed by atoms with E-state index in [1.54, 1.807) is 0 Å². The zero-order chi connectivity index (χ0) is 6.27. The molecule has 2 aliphatic rings. The molecule has 2 fully saturated rings. The highest BCUT2D eigenvalue weighted by Gasteiger charge is 2.45. The summed E-state index contributed by atoms with van der Waals surface area (Å²) in [5, 5.41) is 0. The summed E-state index contributed by atoms with van der Waals surface area (Å²) < 4.78 is 5.48. The van der Waals surface area contributed by atoms with E-state index < -0.39 is 0 Å². The predicted molar refractivity (Wildman–Crippen MR) is 36.3 cm³/mol. The van der Waals surface area contributed by atoms with Gasteiger partial charge in [0.25, 0.3) is 0 Å². The fraction of sp³-hybridized carbons (Fsp3) is 1.00. The average molecular weight is 126 g/mol. The molecule has 0 radical (unpaired) electrons. The third kappa shape index (κ3) is 0.877. The number of hydrogen-bond donors (Lipinski definition) is 0. The van der Waals surface area contributed by atoms with E-state index in [4.69, 9.17) is 4.74 Å². The Bertz CT molecular complexity index is 111. The maximum atomic E-state index is 5.48. The van der Waals surface area contributed by atoms with Gasteiger partial charge in [0.1, 0.15) is 0 Å². The number of fused-ring (bicyclic) bond motifs is 1. The second-order valence-electron chi connectivity index (χ2n) is 3.24. The molecule has 1 nitrogen and oxygen atoms in total. The van der Waals surface area contributed by atoms with Gasteiger partial charge in [-0.2, -0.15) is 0 Å². The van der Waals surface area contributed by atoms with E-state index in [1.165, 1.54) is 25.7 Å². The predicted octanol–water partition coefficient (Wildman–Crippen LogP) is 1.96. The Morgan fingerprint density at radius 1 is 1.44 bits per heavy atom. The van der Waals surface area contributed by atoms with Crippen molar-refractivity contribution in [1.82, 2.24) is 0 Å². The minimum Gasteiger partial charge on any atom is -0.369 e. The number of epoxide rings is 1. The van der Waals surface area contributed by atoms with E-state index in [1.807, 2.05) is 0 Å². The minimum absolute atomic E-state index is 0.684. The van der Waals surface area contributed by atoms with Gasteiger partial charge in [0, 0.05) is 0 Å². The van der Waals surface area contributed by atoms with Crippen molar-refractivity contribution < 1.29 is 4.74 Å². The summed E-state index contributed by atoms with van der Waals surface area (Å²) in [7, 11) is 0. The van der Waals surface area contributed by atoms with Crippen molar-refractivity contribution in [3.63, 3.8) is 0 Å². The summed E-state index contributed by atoms with van der Waals surface area (Å²) in [6, 6.07) is 0. The van der Waals surface area contributed by atoms with E-state index in [-0.39, 0.29) is 0 Å². The summed E-state index contributed by atoms with van der Waals surface area (Å²) in [6.07, 6.45) is 6.84. The molecule has 1 heterocycles. The summed E-state index contributed by atoms with van der Waals surface area (Å²) in [5.41, 5.74) is 0. The van der Waals surface area contributed by atoms with Crippen molar-refractivity contribution in [1.29, 1.82) is 0 Å². The van der Waals surface area contributed by atoms with Crippen molar-refractivity contribution in [2.24, 2.45) is 5.92 Å². The van der Waals surface area contributed by atoms with E-state index >= 15 is 0 Å². The molecule has 0 aromatic heterocycles. The first kappa shape index (κ1) is 5.72. The highest BCUT2D eigenvalue weighted by atomic mass is 16.6. The fourth-order valence-electron chi connectivity index (χ4n) is 1.99. The van der Waals surface area contributed by atoms with Crippen molar-refractivity contribution >= 4 is 0 Å². The number of rotatable bonds is 1. The van der Waals surface area contributed by atoms with Crippen LogP contribution >= 0.6 is 0 Å². The van der Waals surface area contributed by atoms with E-state index in [2.05, 4.69) is 6.92 Å². The van der Waals surface area contributed by atoms with Gasteiger partial charge in [-0.1, -0.05) is 19.8 Å². The van der Waals surface area contributed by atoms with Crippen LogP contribution in [0.15, 0.2) is 0 Å². The molecule has 0 N–H and O–H groups in total. The van der Waals surface area contributed by atoms with Gasteiger partial charge >= 0.3 is 0 Å². The molecule has 1 saturated heterocycles. The molecule has 0 amide bonds. The van der Waals surface area contributed by atoms with Crippen LogP contribution in [0.4, 0.5) is 0 Å². The van der Waals surface area contributed by atoms with Gasteiger partial charge in [0.15, 0.2) is 0 Å². The van der Waals surface area contributed by atoms with Crippen LogP contribution in [0, 0.1) is 5.92 Å². The molecule has 0 unspecified atom stereocenters. The van der Waals surface area contributed by atoms with Crippen molar-refractivity contribution in [3.8, 4) is 0 Å². The summed E-state index contributed by atoms with van der Waals surface area (Å²) in [6.45, 7) is 2.27. The van der Waals surface area contributed by atoms with Gasteiger partial charge in [-0.25, -0.2) is 0 Å². The lowest BCUT2D eigenvalue weighted by Crippen LogP contribution is -2.14. The summed E-state index contributed by atoms with van der Waals surface area (Å²) in [5.74, 6) is 0.906. The van der Waals surface area contributed by atoms with Crippen LogP contribution in [-0.4, -0.2) is 12.2 Å². The smallest absolute Gasteiger partial charge is 0.0869 e. The van der Waals surface area contributed by atoms with Gasteiger partial charge in [0.05, 0.1) is 12.2 Å². The zero-order valence-electron chi connectivity index (χ0n) is 5.97. The van der Waals surface area contributed by atoms with Crippen LogP contribution in [0.25, 0.3) is 0 Å². The third-order valence-corrected chi connectivity index (χ3v) is 2.67. The van der Waals surface area contributed by atoms with E-state index in [9.17, 15) is 0 Å². The Kier molecular flexibility index (Phi) is 1.26. The van der Waals surface area contributed by atoms with Gasteiger partial charge in [0.2, 0.25) is 0 Å². The second kappa shape index (κ2) is 1.98. The molecule has 1 heteroatoms. The first-order valence-electron chi connectivity index (χ1n) is 4.07. The molecule has 0 bridgehead atoms. The molecule has 0 spiro atoms. The van der Waals surface area contributed by atoms with Crippen LogP contribution in [0.3, 0.4) is 0 Å². The van der Waals surface area contributed by atoms with Crippen LogP contribution in [0.1, 0.15) is 32.6 Å². The summed E-state index contributed by atoms with van der Waals surface area (Å²) in [4.78, 5) is 0. The molecule has 0 aromatic rings. The molecule has 1 saturated carbocycles. The van der Waals surface area contributed by atoms with Crippen LogP contribution in [0.2, 0.25) is 0 Å². The number of ether oxygens (including phenoxy) is 1. The van der Waals surface area contributed by atoms with Crippen LogP contribution < -0.4 is 0 Å². The van der Waals surface area contributed by atoms with Gasteiger partial charge in [-0.05, 0) is 18.8 Å². The molecule has 1 aliphatic carbocycles. The Morgan fingerprint density at radius 2 is 2.33 bits per heavy atom. The number of hydrogen-bond acceptors (Lipinski definition) is 1. The minimum atomic E-state index is 0.684. The van der Waals surface area contributed by atoms with Crippen molar-refractivity contribution in [2.75, 3.05) is 0 Å². The van der Waals surface area contributed by atoms with Crippen LogP contribution in [0.5, 0.6) is 0 Å². The average Bonchev–Trinajstić information content (AvgIpc) is 2.64. The lowest BCUT2D eigenvalue weighted by molar-refractivity contribution is 0.315. The lowest BCUT2D eigenvalue weighted by Gasteiger charge is -2.14. The Balaban J connectivity index is 1.93. The molecule has 0 aromatic carbocycles. The maximum Gasteiger partial charge on any atom is 0.0869 e. The third-order valence-electron chi connectivity index (χ3n) is 2.67. The molecule has 9 heavy (non-hydrogen) atoms. The van der Waals surface area contributed by atoms with Crippen molar-refractivity contribution in [2.45, 2.75) is 44.8 Å². The zero-order valence-corrected chi connectivity index (χ0v) is 5.97. The summed E-state index contributed by atoms with van der Waals surface area (Å²) >= 11 is 0. The fourth-order valence-corrected chi connectivity index (χ4v) is 1.99. The molecule has 3 atom stereocenters. The molecule has 1 aliphatic heterocycles. The maximum absolute atomic E-state index is 5.48. The molecular formula is C8H14O. The van der Waals surface area contributed by atoms with Gasteiger partial charge in [-0.15, -0.1) is 0 Å². The topological polar surface area (TPSA) is 12.5 Å².